The molecular formula is C11H17N3O2. The van der Waals surface area contributed by atoms with Crippen LogP contribution in [-0.2, 0) is 0 Å². The van der Waals surface area contributed by atoms with Crippen LogP contribution in [0.1, 0.15) is 12.8 Å². The summed E-state index contributed by atoms with van der Waals surface area (Å²) in [5.41, 5.74) is 0. The first-order chi connectivity index (χ1) is 7.69. The number of anilines is 1. The zero-order valence-electron chi connectivity index (χ0n) is 9.63. The molecule has 1 aliphatic rings. The van der Waals surface area contributed by atoms with Gasteiger partial charge in [0.2, 0.25) is 11.8 Å². The van der Waals surface area contributed by atoms with Gasteiger partial charge in [-0.15, -0.1) is 0 Å². The van der Waals surface area contributed by atoms with Gasteiger partial charge in [0, 0.05) is 25.9 Å². The summed E-state index contributed by atoms with van der Waals surface area (Å²) in [5, 5.41) is 9.21. The Balaban J connectivity index is 1.94. The van der Waals surface area contributed by atoms with Crippen molar-refractivity contribution >= 4 is 5.95 Å². The second-order valence-electron chi connectivity index (χ2n) is 4.27. The van der Waals surface area contributed by atoms with Crippen molar-refractivity contribution in [2.75, 3.05) is 25.6 Å². The third-order valence-electron chi connectivity index (χ3n) is 2.91. The number of hydrogen-bond acceptors (Lipinski definition) is 5. The summed E-state index contributed by atoms with van der Waals surface area (Å²) < 4.78 is 5.05. The molecule has 1 saturated carbocycles. The van der Waals surface area contributed by atoms with Crippen LogP contribution in [0.4, 0.5) is 5.95 Å². The summed E-state index contributed by atoms with van der Waals surface area (Å²) in [7, 11) is 3.55. The van der Waals surface area contributed by atoms with E-state index >= 15 is 0 Å². The molecule has 0 aromatic carbocycles. The molecule has 0 aliphatic heterocycles. The Morgan fingerprint density at radius 3 is 2.94 bits per heavy atom. The summed E-state index contributed by atoms with van der Waals surface area (Å²) in [6.45, 7) is 0.879. The molecule has 0 atom stereocenters. The zero-order chi connectivity index (χ0) is 11.5. The van der Waals surface area contributed by atoms with Crippen LogP contribution in [0.15, 0.2) is 12.3 Å². The zero-order valence-corrected chi connectivity index (χ0v) is 9.63. The highest BCUT2D eigenvalue weighted by Gasteiger charge is 2.28. The number of aliphatic hydroxyl groups is 1. The van der Waals surface area contributed by atoms with E-state index in [2.05, 4.69) is 9.97 Å². The summed E-state index contributed by atoms with van der Waals surface area (Å²) in [4.78, 5) is 10.4. The van der Waals surface area contributed by atoms with Gasteiger partial charge in [-0.05, 0) is 18.8 Å². The van der Waals surface area contributed by atoms with E-state index in [4.69, 9.17) is 4.74 Å². The molecule has 0 radical (unpaired) electrons. The van der Waals surface area contributed by atoms with Crippen molar-refractivity contribution in [2.24, 2.45) is 5.92 Å². The van der Waals surface area contributed by atoms with Gasteiger partial charge in [0.05, 0.1) is 13.2 Å². The third-order valence-corrected chi connectivity index (χ3v) is 2.91. The SMILES string of the molecule is COc1ccnc(N(C)CC2CC(O)C2)n1. The molecule has 1 aromatic rings. The molecule has 0 saturated heterocycles. The third kappa shape index (κ3) is 2.41. The Hall–Kier alpha value is -1.36. The van der Waals surface area contributed by atoms with Crippen molar-refractivity contribution in [1.29, 1.82) is 0 Å². The first-order valence-corrected chi connectivity index (χ1v) is 5.45. The Labute approximate surface area is 95.1 Å². The normalized spacial score (nSPS) is 23.7. The van der Waals surface area contributed by atoms with Crippen LogP contribution in [-0.4, -0.2) is 41.9 Å². The number of ether oxygens (including phenoxy) is 1. The van der Waals surface area contributed by atoms with Gasteiger partial charge < -0.3 is 14.7 Å². The lowest BCUT2D eigenvalue weighted by Crippen LogP contribution is -2.37. The number of hydrogen-bond donors (Lipinski definition) is 1. The smallest absolute Gasteiger partial charge is 0.228 e. The summed E-state index contributed by atoms with van der Waals surface area (Å²) >= 11 is 0. The molecule has 1 aliphatic carbocycles. The van der Waals surface area contributed by atoms with Crippen LogP contribution < -0.4 is 9.64 Å². The average molecular weight is 223 g/mol. The van der Waals surface area contributed by atoms with E-state index in [0.717, 1.165) is 19.4 Å². The molecule has 1 fully saturated rings. The summed E-state index contributed by atoms with van der Waals surface area (Å²) in [6, 6.07) is 1.73. The molecule has 16 heavy (non-hydrogen) atoms. The highest BCUT2D eigenvalue weighted by molar-refractivity contribution is 5.30. The molecule has 0 unspecified atom stereocenters. The minimum atomic E-state index is -0.107. The van der Waals surface area contributed by atoms with E-state index in [1.54, 1.807) is 19.4 Å². The molecule has 1 aromatic heterocycles. The van der Waals surface area contributed by atoms with Crippen LogP contribution in [0.5, 0.6) is 5.88 Å². The lowest BCUT2D eigenvalue weighted by atomic mass is 9.82. The number of nitrogens with zero attached hydrogens (tertiary/aromatic N) is 3. The Kier molecular flexibility index (Phi) is 3.24. The fourth-order valence-corrected chi connectivity index (χ4v) is 1.95. The maximum Gasteiger partial charge on any atom is 0.228 e. The van der Waals surface area contributed by atoms with Crippen molar-refractivity contribution in [3.63, 3.8) is 0 Å². The predicted octanol–water partition coefficient (Wildman–Crippen LogP) is 0.692. The second kappa shape index (κ2) is 4.65. The fraction of sp³-hybridized carbons (Fsp3) is 0.636. The van der Waals surface area contributed by atoms with Crippen molar-refractivity contribution in [2.45, 2.75) is 18.9 Å². The molecule has 1 N–H and O–H groups in total. The van der Waals surface area contributed by atoms with E-state index in [1.165, 1.54) is 0 Å². The lowest BCUT2D eigenvalue weighted by molar-refractivity contribution is 0.0463. The summed E-state index contributed by atoms with van der Waals surface area (Å²) in [6.07, 6.45) is 3.35. The highest BCUT2D eigenvalue weighted by atomic mass is 16.5. The Bertz CT molecular complexity index is 353. The van der Waals surface area contributed by atoms with Gasteiger partial charge in [-0.1, -0.05) is 0 Å². The molecule has 1 heterocycles. The number of aliphatic hydroxyl groups excluding tert-OH is 1. The van der Waals surface area contributed by atoms with Crippen LogP contribution in [0.2, 0.25) is 0 Å². The van der Waals surface area contributed by atoms with E-state index < -0.39 is 0 Å². The molecule has 0 amide bonds. The van der Waals surface area contributed by atoms with Gasteiger partial charge >= 0.3 is 0 Å². The number of methoxy groups -OCH3 is 1. The number of aromatic nitrogens is 2. The maximum absolute atomic E-state index is 9.21. The topological polar surface area (TPSA) is 58.5 Å². The van der Waals surface area contributed by atoms with E-state index in [9.17, 15) is 5.11 Å². The standard InChI is InChI=1S/C11H17N3O2/c1-14(7-8-5-9(15)6-8)11-12-4-3-10(13-11)16-2/h3-4,8-9,15H,5-7H2,1-2H3. The van der Waals surface area contributed by atoms with Crippen LogP contribution in [0.25, 0.3) is 0 Å². The molecule has 5 heteroatoms. The van der Waals surface area contributed by atoms with Gasteiger partial charge in [-0.25, -0.2) is 4.98 Å². The first-order valence-electron chi connectivity index (χ1n) is 5.45. The van der Waals surface area contributed by atoms with Crippen LogP contribution in [0.3, 0.4) is 0 Å². The van der Waals surface area contributed by atoms with Gasteiger partial charge in [0.15, 0.2) is 0 Å². The highest BCUT2D eigenvalue weighted by Crippen LogP contribution is 2.28. The Morgan fingerprint density at radius 2 is 2.31 bits per heavy atom. The second-order valence-corrected chi connectivity index (χ2v) is 4.27. The lowest BCUT2D eigenvalue weighted by Gasteiger charge is -2.34. The van der Waals surface area contributed by atoms with Crippen molar-refractivity contribution in [1.82, 2.24) is 9.97 Å². The minimum absolute atomic E-state index is 0.107. The largest absolute Gasteiger partial charge is 0.481 e. The van der Waals surface area contributed by atoms with Crippen molar-refractivity contribution in [3.05, 3.63) is 12.3 Å². The fourth-order valence-electron chi connectivity index (χ4n) is 1.95. The molecule has 2 rings (SSSR count). The molecular weight excluding hydrogens is 206 g/mol. The monoisotopic (exact) mass is 223 g/mol. The first kappa shape index (κ1) is 11.1. The van der Waals surface area contributed by atoms with Gasteiger partial charge in [0.25, 0.3) is 0 Å². The minimum Gasteiger partial charge on any atom is -0.481 e. The van der Waals surface area contributed by atoms with E-state index in [1.807, 2.05) is 11.9 Å². The van der Waals surface area contributed by atoms with E-state index in [0.29, 0.717) is 17.7 Å². The Morgan fingerprint density at radius 1 is 1.56 bits per heavy atom. The maximum atomic E-state index is 9.21. The predicted molar refractivity (Wildman–Crippen MR) is 60.6 cm³/mol. The average Bonchev–Trinajstić information content (AvgIpc) is 2.27. The van der Waals surface area contributed by atoms with Crippen LogP contribution in [0, 0.1) is 5.92 Å². The van der Waals surface area contributed by atoms with Gasteiger partial charge in [0.1, 0.15) is 0 Å². The quantitative estimate of drug-likeness (QED) is 0.814. The molecule has 0 spiro atoms. The summed E-state index contributed by atoms with van der Waals surface area (Å²) in [5.74, 6) is 1.79. The molecule has 0 bridgehead atoms. The van der Waals surface area contributed by atoms with Crippen molar-refractivity contribution in [3.8, 4) is 5.88 Å². The van der Waals surface area contributed by atoms with Crippen LogP contribution >= 0.6 is 0 Å². The van der Waals surface area contributed by atoms with Crippen molar-refractivity contribution < 1.29 is 9.84 Å². The van der Waals surface area contributed by atoms with Gasteiger partial charge in [-0.2, -0.15) is 4.98 Å². The molecule has 5 nitrogen and oxygen atoms in total. The van der Waals surface area contributed by atoms with E-state index in [-0.39, 0.29) is 6.10 Å². The molecule has 88 valence electrons. The number of rotatable bonds is 4. The van der Waals surface area contributed by atoms with Gasteiger partial charge in [-0.3, -0.25) is 0 Å².